The molecule has 0 bridgehead atoms. The highest BCUT2D eigenvalue weighted by Gasteiger charge is 2.45. The maximum absolute atomic E-state index is 12.3. The van der Waals surface area contributed by atoms with Crippen molar-refractivity contribution in [3.8, 4) is 0 Å². The van der Waals surface area contributed by atoms with Crippen molar-refractivity contribution in [3.05, 3.63) is 0 Å². The van der Waals surface area contributed by atoms with Gasteiger partial charge in [0.25, 0.3) is 0 Å². The molecular weight excluding hydrogens is 232 g/mol. The molecule has 0 aromatic carbocycles. The van der Waals surface area contributed by atoms with Crippen LogP contribution < -0.4 is 5.32 Å². The van der Waals surface area contributed by atoms with Crippen LogP contribution >= 0.6 is 0 Å². The van der Waals surface area contributed by atoms with Crippen molar-refractivity contribution in [2.75, 3.05) is 20.1 Å². The molecule has 1 amide bonds. The van der Waals surface area contributed by atoms with Crippen LogP contribution in [0.1, 0.15) is 33.6 Å². The van der Waals surface area contributed by atoms with Crippen LogP contribution in [0.3, 0.4) is 0 Å². The fourth-order valence-corrected chi connectivity index (χ4v) is 2.77. The van der Waals surface area contributed by atoms with Crippen LogP contribution in [-0.2, 0) is 9.59 Å². The maximum atomic E-state index is 12.3. The minimum Gasteiger partial charge on any atom is -0.480 e. The van der Waals surface area contributed by atoms with Gasteiger partial charge in [-0.3, -0.25) is 4.79 Å². The van der Waals surface area contributed by atoms with Gasteiger partial charge >= 0.3 is 5.97 Å². The summed E-state index contributed by atoms with van der Waals surface area (Å²) in [7, 11) is 1.79. The van der Waals surface area contributed by atoms with E-state index in [1.54, 1.807) is 11.9 Å². The summed E-state index contributed by atoms with van der Waals surface area (Å²) in [5.74, 6) is -1.15. The van der Waals surface area contributed by atoms with Gasteiger partial charge in [0, 0.05) is 19.0 Å². The molecule has 1 rings (SSSR count). The van der Waals surface area contributed by atoms with Gasteiger partial charge in [-0.2, -0.15) is 0 Å². The highest BCUT2D eigenvalue weighted by Crippen LogP contribution is 2.35. The van der Waals surface area contributed by atoms with Crippen molar-refractivity contribution in [3.63, 3.8) is 0 Å². The van der Waals surface area contributed by atoms with Gasteiger partial charge in [0.05, 0.1) is 0 Å². The number of hydrogen-bond acceptors (Lipinski definition) is 3. The topological polar surface area (TPSA) is 69.6 Å². The van der Waals surface area contributed by atoms with E-state index < -0.39 is 12.0 Å². The number of carbonyl (C=O) groups is 2. The molecule has 104 valence electrons. The second kappa shape index (κ2) is 5.69. The Morgan fingerprint density at radius 2 is 2.11 bits per heavy atom. The van der Waals surface area contributed by atoms with E-state index >= 15 is 0 Å². The van der Waals surface area contributed by atoms with E-state index in [1.807, 2.05) is 20.8 Å². The standard InChI is InChI=1S/C13H24N2O3/c1-9(8-14-4)11(16)15-7-5-6-13(2,3)10(15)12(17)18/h9-10,14H,5-8H2,1-4H3,(H,17,18). The monoisotopic (exact) mass is 256 g/mol. The van der Waals surface area contributed by atoms with E-state index in [4.69, 9.17) is 0 Å². The molecular formula is C13H24N2O3. The Kier molecular flexibility index (Phi) is 4.73. The quantitative estimate of drug-likeness (QED) is 0.785. The minimum atomic E-state index is -0.898. The first-order valence-electron chi connectivity index (χ1n) is 6.49. The summed E-state index contributed by atoms with van der Waals surface area (Å²) >= 11 is 0. The summed E-state index contributed by atoms with van der Waals surface area (Å²) in [6.45, 7) is 6.80. The van der Waals surface area contributed by atoms with Crippen molar-refractivity contribution in [2.24, 2.45) is 11.3 Å². The number of piperidine rings is 1. The van der Waals surface area contributed by atoms with Gasteiger partial charge in [-0.25, -0.2) is 4.79 Å². The largest absolute Gasteiger partial charge is 0.480 e. The van der Waals surface area contributed by atoms with Crippen molar-refractivity contribution in [1.82, 2.24) is 10.2 Å². The zero-order valence-corrected chi connectivity index (χ0v) is 11.7. The predicted octanol–water partition coefficient (Wildman–Crippen LogP) is 0.944. The lowest BCUT2D eigenvalue weighted by molar-refractivity contribution is -0.160. The number of amides is 1. The van der Waals surface area contributed by atoms with Crippen molar-refractivity contribution in [2.45, 2.75) is 39.7 Å². The Morgan fingerprint density at radius 1 is 1.50 bits per heavy atom. The second-order valence-electron chi connectivity index (χ2n) is 5.82. The fourth-order valence-electron chi connectivity index (χ4n) is 2.77. The molecule has 1 saturated heterocycles. The van der Waals surface area contributed by atoms with E-state index in [2.05, 4.69) is 5.32 Å². The van der Waals surface area contributed by atoms with Gasteiger partial charge in [0.2, 0.25) is 5.91 Å². The van der Waals surface area contributed by atoms with Crippen LogP contribution in [0, 0.1) is 11.3 Å². The zero-order valence-electron chi connectivity index (χ0n) is 11.7. The summed E-state index contributed by atoms with van der Waals surface area (Å²) in [5.41, 5.74) is -0.362. The summed E-state index contributed by atoms with van der Waals surface area (Å²) < 4.78 is 0. The zero-order chi connectivity index (χ0) is 13.9. The van der Waals surface area contributed by atoms with E-state index in [9.17, 15) is 14.7 Å². The molecule has 0 aliphatic carbocycles. The number of likely N-dealkylation sites (tertiary alicyclic amines) is 1. The van der Waals surface area contributed by atoms with Crippen LogP contribution in [0.4, 0.5) is 0 Å². The number of hydrogen-bond donors (Lipinski definition) is 2. The SMILES string of the molecule is CNCC(C)C(=O)N1CCCC(C)(C)C1C(=O)O. The van der Waals surface area contributed by atoms with E-state index in [-0.39, 0.29) is 17.2 Å². The second-order valence-corrected chi connectivity index (χ2v) is 5.82. The van der Waals surface area contributed by atoms with Gasteiger partial charge in [-0.05, 0) is 25.3 Å². The summed E-state index contributed by atoms with van der Waals surface area (Å²) in [6.07, 6.45) is 1.71. The number of carboxylic acid groups (broad SMARTS) is 1. The lowest BCUT2D eigenvalue weighted by Crippen LogP contribution is -2.57. The summed E-state index contributed by atoms with van der Waals surface area (Å²) in [6, 6.07) is -0.710. The Bertz CT molecular complexity index is 328. The molecule has 0 aromatic heterocycles. The average molecular weight is 256 g/mol. The molecule has 2 N–H and O–H groups in total. The molecule has 0 aromatic rings. The minimum absolute atomic E-state index is 0.0653. The highest BCUT2D eigenvalue weighted by molar-refractivity contribution is 5.85. The van der Waals surface area contributed by atoms with Crippen LogP contribution in [0.25, 0.3) is 0 Å². The van der Waals surface area contributed by atoms with Gasteiger partial charge < -0.3 is 15.3 Å². The lowest BCUT2D eigenvalue weighted by Gasteiger charge is -2.44. The molecule has 1 heterocycles. The molecule has 0 radical (unpaired) electrons. The Hall–Kier alpha value is -1.10. The Morgan fingerprint density at radius 3 is 2.61 bits per heavy atom. The first kappa shape index (κ1) is 15.0. The van der Waals surface area contributed by atoms with Crippen LogP contribution in [-0.4, -0.2) is 48.1 Å². The van der Waals surface area contributed by atoms with E-state index in [0.717, 1.165) is 12.8 Å². The normalized spacial score (nSPS) is 24.7. The third-order valence-corrected chi connectivity index (χ3v) is 3.72. The van der Waals surface area contributed by atoms with Crippen molar-refractivity contribution >= 4 is 11.9 Å². The molecule has 1 aliphatic rings. The van der Waals surface area contributed by atoms with Crippen LogP contribution in [0.2, 0.25) is 0 Å². The van der Waals surface area contributed by atoms with Gasteiger partial charge in [-0.15, -0.1) is 0 Å². The Labute approximate surface area is 109 Å². The van der Waals surface area contributed by atoms with Crippen LogP contribution in [0.15, 0.2) is 0 Å². The van der Waals surface area contributed by atoms with Crippen LogP contribution in [0.5, 0.6) is 0 Å². The molecule has 1 fully saturated rings. The smallest absolute Gasteiger partial charge is 0.326 e. The first-order chi connectivity index (χ1) is 8.31. The average Bonchev–Trinajstić information content (AvgIpc) is 2.26. The number of carbonyl (C=O) groups excluding carboxylic acids is 1. The van der Waals surface area contributed by atoms with Crippen molar-refractivity contribution < 1.29 is 14.7 Å². The van der Waals surface area contributed by atoms with Gasteiger partial charge in [0.15, 0.2) is 0 Å². The van der Waals surface area contributed by atoms with Gasteiger partial charge in [-0.1, -0.05) is 20.8 Å². The molecule has 0 spiro atoms. The molecule has 18 heavy (non-hydrogen) atoms. The lowest BCUT2D eigenvalue weighted by atomic mass is 9.76. The third-order valence-electron chi connectivity index (χ3n) is 3.72. The predicted molar refractivity (Wildman–Crippen MR) is 69.2 cm³/mol. The highest BCUT2D eigenvalue weighted by atomic mass is 16.4. The molecule has 0 saturated carbocycles. The number of nitrogens with zero attached hydrogens (tertiary/aromatic N) is 1. The summed E-state index contributed by atoms with van der Waals surface area (Å²) in [4.78, 5) is 25.3. The number of rotatable bonds is 4. The maximum Gasteiger partial charge on any atom is 0.326 e. The Balaban J connectivity index is 2.91. The first-order valence-corrected chi connectivity index (χ1v) is 6.49. The fraction of sp³-hybridized carbons (Fsp3) is 0.846. The molecule has 1 aliphatic heterocycles. The number of carboxylic acids is 1. The number of aliphatic carboxylic acids is 1. The number of nitrogens with one attached hydrogen (secondary N) is 1. The molecule has 5 heteroatoms. The van der Waals surface area contributed by atoms with Gasteiger partial charge in [0.1, 0.15) is 6.04 Å². The molecule has 5 nitrogen and oxygen atoms in total. The van der Waals surface area contributed by atoms with E-state index in [0.29, 0.717) is 13.1 Å². The summed E-state index contributed by atoms with van der Waals surface area (Å²) in [5, 5.41) is 12.4. The third kappa shape index (κ3) is 3.02. The molecule has 2 unspecified atom stereocenters. The molecule has 2 atom stereocenters. The van der Waals surface area contributed by atoms with E-state index in [1.165, 1.54) is 0 Å². The van der Waals surface area contributed by atoms with Crippen molar-refractivity contribution in [1.29, 1.82) is 0 Å².